The third-order valence-corrected chi connectivity index (χ3v) is 9.03. The second kappa shape index (κ2) is 12.4. The SMILES string of the molecule is CCCC1(CCC)c2cc(N(c3ccccc3)c3cccnc3)ccc2-c2ccc(N(c3ccccc3)c3cccnc3)cc21. The van der Waals surface area contributed by atoms with Crippen molar-refractivity contribution >= 4 is 34.1 Å². The highest BCUT2D eigenvalue weighted by molar-refractivity contribution is 5.88. The van der Waals surface area contributed by atoms with Crippen molar-refractivity contribution in [1.29, 1.82) is 0 Å². The van der Waals surface area contributed by atoms with Crippen molar-refractivity contribution in [2.75, 3.05) is 9.80 Å². The lowest BCUT2D eigenvalue weighted by atomic mass is 9.71. The number of para-hydroxylation sites is 2. The van der Waals surface area contributed by atoms with Crippen molar-refractivity contribution in [3.8, 4) is 11.1 Å². The third kappa shape index (κ3) is 5.17. The van der Waals surface area contributed by atoms with E-state index in [1.54, 1.807) is 0 Å². The van der Waals surface area contributed by atoms with Gasteiger partial charge in [0, 0.05) is 40.6 Å². The maximum Gasteiger partial charge on any atom is 0.0644 e. The minimum Gasteiger partial charge on any atom is -0.309 e. The Bertz CT molecular complexity index is 1650. The second-order valence-electron chi connectivity index (χ2n) is 11.8. The van der Waals surface area contributed by atoms with Crippen molar-refractivity contribution in [2.45, 2.75) is 44.9 Å². The second-order valence-corrected chi connectivity index (χ2v) is 11.8. The number of fused-ring (bicyclic) bond motifs is 3. The topological polar surface area (TPSA) is 32.3 Å². The predicted molar refractivity (Wildman–Crippen MR) is 187 cm³/mol. The lowest BCUT2D eigenvalue weighted by molar-refractivity contribution is 0.436. The van der Waals surface area contributed by atoms with Gasteiger partial charge in [-0.05, 0) is 108 Å². The number of hydrogen-bond donors (Lipinski definition) is 0. The number of anilines is 6. The van der Waals surface area contributed by atoms with E-state index < -0.39 is 0 Å². The highest BCUT2D eigenvalue weighted by atomic mass is 15.2. The molecule has 6 aromatic rings. The summed E-state index contributed by atoms with van der Waals surface area (Å²) in [6.07, 6.45) is 11.9. The van der Waals surface area contributed by atoms with Crippen molar-refractivity contribution in [1.82, 2.24) is 9.97 Å². The van der Waals surface area contributed by atoms with Gasteiger partial charge in [0.2, 0.25) is 0 Å². The summed E-state index contributed by atoms with van der Waals surface area (Å²) in [5, 5.41) is 0. The van der Waals surface area contributed by atoms with Gasteiger partial charge in [0.15, 0.2) is 0 Å². The fourth-order valence-electron chi connectivity index (χ4n) is 7.29. The summed E-state index contributed by atoms with van der Waals surface area (Å²) in [7, 11) is 0. The summed E-state index contributed by atoms with van der Waals surface area (Å²) in [6.45, 7) is 4.64. The molecular formula is C41H38N4. The van der Waals surface area contributed by atoms with Crippen molar-refractivity contribution in [3.05, 3.63) is 157 Å². The largest absolute Gasteiger partial charge is 0.309 e. The lowest BCUT2D eigenvalue weighted by Crippen LogP contribution is -2.25. The Morgan fingerprint density at radius 3 is 1.27 bits per heavy atom. The van der Waals surface area contributed by atoms with E-state index in [9.17, 15) is 0 Å². The lowest BCUT2D eigenvalue weighted by Gasteiger charge is -2.34. The normalized spacial score (nSPS) is 12.8. The first-order chi connectivity index (χ1) is 22.2. The van der Waals surface area contributed by atoms with Crippen LogP contribution in [-0.4, -0.2) is 9.97 Å². The number of nitrogens with zero attached hydrogens (tertiary/aromatic N) is 4. The highest BCUT2D eigenvalue weighted by Gasteiger charge is 2.42. The van der Waals surface area contributed by atoms with Gasteiger partial charge in [-0.15, -0.1) is 0 Å². The molecule has 0 spiro atoms. The molecule has 45 heavy (non-hydrogen) atoms. The van der Waals surface area contributed by atoms with Crippen LogP contribution in [-0.2, 0) is 5.41 Å². The molecule has 0 fully saturated rings. The van der Waals surface area contributed by atoms with Gasteiger partial charge in [0.1, 0.15) is 0 Å². The molecule has 2 aromatic heterocycles. The smallest absolute Gasteiger partial charge is 0.0644 e. The minimum absolute atomic E-state index is 0.0885. The zero-order chi connectivity index (χ0) is 30.6. The Balaban J connectivity index is 1.41. The van der Waals surface area contributed by atoms with Crippen molar-refractivity contribution < 1.29 is 0 Å². The molecule has 222 valence electrons. The van der Waals surface area contributed by atoms with Crippen LogP contribution in [0.3, 0.4) is 0 Å². The molecule has 0 N–H and O–H groups in total. The predicted octanol–water partition coefficient (Wildman–Crippen LogP) is 11.3. The maximum absolute atomic E-state index is 4.47. The summed E-state index contributed by atoms with van der Waals surface area (Å²) in [4.78, 5) is 13.6. The molecule has 0 unspecified atom stereocenters. The van der Waals surface area contributed by atoms with Crippen molar-refractivity contribution in [2.24, 2.45) is 0 Å². The van der Waals surface area contributed by atoms with Gasteiger partial charge in [0.05, 0.1) is 23.8 Å². The van der Waals surface area contributed by atoms with Crippen LogP contribution in [0.4, 0.5) is 34.1 Å². The van der Waals surface area contributed by atoms with Gasteiger partial charge < -0.3 is 9.80 Å². The average Bonchev–Trinajstić information content (AvgIpc) is 3.35. The molecule has 4 aromatic carbocycles. The molecule has 1 aliphatic carbocycles. The van der Waals surface area contributed by atoms with Crippen LogP contribution in [0, 0.1) is 0 Å². The minimum atomic E-state index is -0.0885. The Kier molecular flexibility index (Phi) is 7.87. The van der Waals surface area contributed by atoms with E-state index in [2.05, 4.69) is 143 Å². The molecule has 0 bridgehead atoms. The van der Waals surface area contributed by atoms with Gasteiger partial charge in [0.25, 0.3) is 0 Å². The van der Waals surface area contributed by atoms with E-state index in [1.165, 1.54) is 22.3 Å². The number of pyridine rings is 2. The molecule has 0 radical (unpaired) electrons. The summed E-state index contributed by atoms with van der Waals surface area (Å²) >= 11 is 0. The van der Waals surface area contributed by atoms with Crippen molar-refractivity contribution in [3.63, 3.8) is 0 Å². The van der Waals surface area contributed by atoms with Crippen LogP contribution < -0.4 is 9.80 Å². The van der Waals surface area contributed by atoms with Gasteiger partial charge in [-0.25, -0.2) is 0 Å². The molecule has 4 heteroatoms. The van der Waals surface area contributed by atoms with Crippen LogP contribution in [0.1, 0.15) is 50.7 Å². The molecular weight excluding hydrogens is 548 g/mol. The third-order valence-electron chi connectivity index (χ3n) is 9.03. The monoisotopic (exact) mass is 586 g/mol. The average molecular weight is 587 g/mol. The number of rotatable bonds is 10. The first-order valence-electron chi connectivity index (χ1n) is 16.0. The summed E-state index contributed by atoms with van der Waals surface area (Å²) in [5.41, 5.74) is 12.1. The van der Waals surface area contributed by atoms with E-state index in [0.717, 1.165) is 59.8 Å². The Morgan fingerprint density at radius 2 is 0.889 bits per heavy atom. The van der Waals surface area contributed by atoms with Crippen LogP contribution in [0.25, 0.3) is 11.1 Å². The maximum atomic E-state index is 4.47. The van der Waals surface area contributed by atoms with E-state index in [-0.39, 0.29) is 5.41 Å². The molecule has 0 saturated heterocycles. The standard InChI is InChI=1S/C41H38N4/c1-3-23-41(24-4-2)39-27-33(44(31-13-7-5-8-14-31)35-17-11-25-42-29-35)19-21-37(39)38-22-20-34(28-40(38)41)45(32-15-9-6-10-16-32)36-18-12-26-43-30-36/h5-22,25-30H,3-4,23-24H2,1-2H3. The first-order valence-corrected chi connectivity index (χ1v) is 16.0. The zero-order valence-electron chi connectivity index (χ0n) is 26.0. The zero-order valence-corrected chi connectivity index (χ0v) is 26.0. The molecule has 0 atom stereocenters. The van der Waals surface area contributed by atoms with Crippen LogP contribution in [0.2, 0.25) is 0 Å². The highest BCUT2D eigenvalue weighted by Crippen LogP contribution is 2.56. The van der Waals surface area contributed by atoms with Gasteiger partial charge in [-0.1, -0.05) is 75.2 Å². The Morgan fingerprint density at radius 1 is 0.467 bits per heavy atom. The fourth-order valence-corrected chi connectivity index (χ4v) is 7.29. The molecule has 2 heterocycles. The summed E-state index contributed by atoms with van der Waals surface area (Å²) < 4.78 is 0. The van der Waals surface area contributed by atoms with Crippen LogP contribution in [0.15, 0.2) is 146 Å². The van der Waals surface area contributed by atoms with E-state index in [1.807, 2.05) is 36.9 Å². The van der Waals surface area contributed by atoms with E-state index in [0.29, 0.717) is 0 Å². The summed E-state index contributed by atoms with van der Waals surface area (Å²) in [6, 6.07) is 43.7. The van der Waals surface area contributed by atoms with Gasteiger partial charge in [-0.2, -0.15) is 0 Å². The Hall–Kier alpha value is -5.22. The quantitative estimate of drug-likeness (QED) is 0.160. The number of benzene rings is 4. The van der Waals surface area contributed by atoms with Gasteiger partial charge >= 0.3 is 0 Å². The number of aromatic nitrogens is 2. The first kappa shape index (κ1) is 28.5. The molecule has 0 saturated carbocycles. The fraction of sp³-hybridized carbons (Fsp3) is 0.171. The van der Waals surface area contributed by atoms with Crippen LogP contribution >= 0.6 is 0 Å². The molecule has 0 amide bonds. The van der Waals surface area contributed by atoms with Gasteiger partial charge in [-0.3, -0.25) is 9.97 Å². The molecule has 1 aliphatic rings. The number of hydrogen-bond acceptors (Lipinski definition) is 4. The summed E-state index contributed by atoms with van der Waals surface area (Å²) in [5.74, 6) is 0. The van der Waals surface area contributed by atoms with E-state index >= 15 is 0 Å². The van der Waals surface area contributed by atoms with E-state index in [4.69, 9.17) is 0 Å². The van der Waals surface area contributed by atoms with Crippen LogP contribution in [0.5, 0.6) is 0 Å². The molecule has 4 nitrogen and oxygen atoms in total. The molecule has 7 rings (SSSR count). The Labute approximate surface area is 266 Å². The molecule has 0 aliphatic heterocycles.